The molecule has 3 heterocycles. The lowest BCUT2D eigenvalue weighted by atomic mass is 10.0. The van der Waals surface area contributed by atoms with Gasteiger partial charge >= 0.3 is 5.97 Å². The maximum absolute atomic E-state index is 13.1. The molecule has 1 aliphatic heterocycles. The highest BCUT2D eigenvalue weighted by Gasteiger charge is 2.24. The molecule has 5 rings (SSSR count). The Morgan fingerprint density at radius 2 is 1.89 bits per heavy atom. The first kappa shape index (κ1) is 25.9. The number of rotatable bonds is 8. The number of aryl methyl sites for hydroxylation is 1. The Bertz CT molecular complexity index is 1460. The second-order valence-corrected chi connectivity index (χ2v) is 9.76. The molecule has 4 aromatic rings. The Balaban J connectivity index is 1.60. The van der Waals surface area contributed by atoms with E-state index < -0.39 is 5.97 Å². The summed E-state index contributed by atoms with van der Waals surface area (Å²) in [5, 5.41) is 6.05. The van der Waals surface area contributed by atoms with Crippen molar-refractivity contribution in [3.63, 3.8) is 0 Å². The largest absolute Gasteiger partial charge is 0.467 e. The van der Waals surface area contributed by atoms with Crippen LogP contribution in [0.15, 0.2) is 36.5 Å². The normalized spacial score (nSPS) is 14.5. The van der Waals surface area contributed by atoms with Crippen molar-refractivity contribution in [2.24, 2.45) is 7.05 Å². The van der Waals surface area contributed by atoms with E-state index in [9.17, 15) is 4.79 Å². The zero-order valence-electron chi connectivity index (χ0n) is 22.6. The minimum Gasteiger partial charge on any atom is -0.467 e. The van der Waals surface area contributed by atoms with Crippen LogP contribution in [0.5, 0.6) is 5.75 Å². The average molecular weight is 519 g/mol. The predicted octanol–water partition coefficient (Wildman–Crippen LogP) is 3.87. The topological polar surface area (TPSA) is 94.8 Å². The molecule has 0 spiro atoms. The monoisotopic (exact) mass is 518 g/mol. The van der Waals surface area contributed by atoms with E-state index in [0.717, 1.165) is 42.5 Å². The standard InChI is InChI=1S/C28H34N6O4/c1-6-37-28(35)26-21-14-20(34-11-9-19(10-12-34)32(2)3)7-8-23(21)29-27(30-26)22-13-18-16-33(4)31-24(18)15-25(22)38-17-36-5/h7-8,13-16,19H,6,9-12,17H2,1-5H3. The summed E-state index contributed by atoms with van der Waals surface area (Å²) in [4.78, 5) is 27.4. The molecular formula is C28H34N6O4. The van der Waals surface area contributed by atoms with E-state index in [1.165, 1.54) is 0 Å². The molecule has 0 saturated carbocycles. The number of piperidine rings is 1. The van der Waals surface area contributed by atoms with Crippen molar-refractivity contribution in [2.45, 2.75) is 25.8 Å². The Morgan fingerprint density at radius 1 is 1.11 bits per heavy atom. The minimum absolute atomic E-state index is 0.0531. The highest BCUT2D eigenvalue weighted by molar-refractivity contribution is 6.03. The molecule has 38 heavy (non-hydrogen) atoms. The molecule has 0 atom stereocenters. The number of benzene rings is 2. The van der Waals surface area contributed by atoms with Gasteiger partial charge in [-0.2, -0.15) is 5.10 Å². The van der Waals surface area contributed by atoms with Gasteiger partial charge < -0.3 is 24.0 Å². The van der Waals surface area contributed by atoms with Crippen LogP contribution in [0, 0.1) is 0 Å². The molecule has 10 nitrogen and oxygen atoms in total. The van der Waals surface area contributed by atoms with E-state index >= 15 is 0 Å². The van der Waals surface area contributed by atoms with Crippen molar-refractivity contribution in [3.05, 3.63) is 42.2 Å². The number of hydrogen-bond acceptors (Lipinski definition) is 9. The number of anilines is 1. The molecule has 0 aliphatic carbocycles. The molecular weight excluding hydrogens is 484 g/mol. The Kier molecular flexibility index (Phi) is 7.44. The number of ether oxygens (including phenoxy) is 3. The summed E-state index contributed by atoms with van der Waals surface area (Å²) in [5.41, 5.74) is 3.37. The zero-order valence-corrected chi connectivity index (χ0v) is 22.6. The SMILES string of the molecule is CCOC(=O)c1nc(-c2cc3cn(C)nc3cc2OCOC)nc2ccc(N3CCC(N(C)C)CC3)cc12. The van der Waals surface area contributed by atoms with Gasteiger partial charge in [0.2, 0.25) is 0 Å². The predicted molar refractivity (Wildman–Crippen MR) is 147 cm³/mol. The third kappa shape index (κ3) is 5.14. The van der Waals surface area contributed by atoms with Gasteiger partial charge in [0, 0.05) is 62.0 Å². The van der Waals surface area contributed by atoms with E-state index in [0.29, 0.717) is 34.1 Å². The fraction of sp³-hybridized carbons (Fsp3) is 0.429. The van der Waals surface area contributed by atoms with Crippen LogP contribution in [-0.2, 0) is 16.5 Å². The van der Waals surface area contributed by atoms with Crippen LogP contribution in [0.4, 0.5) is 5.69 Å². The molecule has 1 fully saturated rings. The molecule has 2 aromatic heterocycles. The van der Waals surface area contributed by atoms with Gasteiger partial charge in [-0.1, -0.05) is 0 Å². The maximum Gasteiger partial charge on any atom is 0.357 e. The summed E-state index contributed by atoms with van der Waals surface area (Å²) in [7, 11) is 7.69. The Morgan fingerprint density at radius 3 is 2.61 bits per heavy atom. The third-order valence-electron chi connectivity index (χ3n) is 7.00. The highest BCUT2D eigenvalue weighted by atomic mass is 16.7. The molecule has 0 N–H and O–H groups in total. The number of carbonyl (C=O) groups is 1. The van der Waals surface area contributed by atoms with Gasteiger partial charge in [0.05, 0.1) is 23.2 Å². The second kappa shape index (κ2) is 10.9. The van der Waals surface area contributed by atoms with Gasteiger partial charge in [-0.15, -0.1) is 0 Å². The van der Waals surface area contributed by atoms with Crippen molar-refractivity contribution in [2.75, 3.05) is 52.6 Å². The van der Waals surface area contributed by atoms with Gasteiger partial charge in [0.25, 0.3) is 0 Å². The lowest BCUT2D eigenvalue weighted by Gasteiger charge is -2.36. The summed E-state index contributed by atoms with van der Waals surface area (Å²) < 4.78 is 18.1. The fourth-order valence-electron chi connectivity index (χ4n) is 5.02. The quantitative estimate of drug-likeness (QED) is 0.254. The van der Waals surface area contributed by atoms with Crippen LogP contribution in [-0.4, -0.2) is 84.4 Å². The molecule has 1 aliphatic rings. The second-order valence-electron chi connectivity index (χ2n) is 9.76. The average Bonchev–Trinajstić information content (AvgIpc) is 3.29. The number of fused-ring (bicyclic) bond motifs is 2. The summed E-state index contributed by atoms with van der Waals surface area (Å²) in [6, 6.07) is 10.4. The summed E-state index contributed by atoms with van der Waals surface area (Å²) >= 11 is 0. The fourth-order valence-corrected chi connectivity index (χ4v) is 5.02. The van der Waals surface area contributed by atoms with Crippen molar-refractivity contribution >= 4 is 33.5 Å². The number of aromatic nitrogens is 4. The number of nitrogens with zero attached hydrogens (tertiary/aromatic N) is 6. The van der Waals surface area contributed by atoms with Gasteiger partial charge in [-0.05, 0) is 58.1 Å². The highest BCUT2D eigenvalue weighted by Crippen LogP contribution is 2.35. The number of hydrogen-bond donors (Lipinski definition) is 0. The van der Waals surface area contributed by atoms with Crippen molar-refractivity contribution in [3.8, 4) is 17.1 Å². The van der Waals surface area contributed by atoms with Crippen LogP contribution in [0.2, 0.25) is 0 Å². The van der Waals surface area contributed by atoms with Gasteiger partial charge in [-0.25, -0.2) is 14.8 Å². The van der Waals surface area contributed by atoms with Crippen LogP contribution in [0.1, 0.15) is 30.3 Å². The number of carbonyl (C=O) groups excluding carboxylic acids is 1. The van der Waals surface area contributed by atoms with E-state index in [-0.39, 0.29) is 19.1 Å². The first-order chi connectivity index (χ1) is 18.4. The van der Waals surface area contributed by atoms with E-state index in [2.05, 4.69) is 35.1 Å². The van der Waals surface area contributed by atoms with Crippen LogP contribution < -0.4 is 9.64 Å². The molecule has 0 bridgehead atoms. The van der Waals surface area contributed by atoms with E-state index in [4.69, 9.17) is 24.2 Å². The zero-order chi connectivity index (χ0) is 26.8. The molecule has 0 unspecified atom stereocenters. The van der Waals surface area contributed by atoms with E-state index in [1.54, 1.807) is 18.7 Å². The molecule has 1 saturated heterocycles. The molecule has 0 radical (unpaired) electrons. The van der Waals surface area contributed by atoms with Crippen molar-refractivity contribution in [1.82, 2.24) is 24.6 Å². The molecule has 10 heteroatoms. The first-order valence-corrected chi connectivity index (χ1v) is 12.9. The smallest absolute Gasteiger partial charge is 0.357 e. The summed E-state index contributed by atoms with van der Waals surface area (Å²) in [6.45, 7) is 4.00. The van der Waals surface area contributed by atoms with Crippen LogP contribution in [0.3, 0.4) is 0 Å². The van der Waals surface area contributed by atoms with Crippen LogP contribution in [0.25, 0.3) is 33.2 Å². The lowest BCUT2D eigenvalue weighted by Crippen LogP contribution is -2.41. The summed E-state index contributed by atoms with van der Waals surface area (Å²) in [5.74, 6) is 0.413. The summed E-state index contributed by atoms with van der Waals surface area (Å²) in [6.07, 6.45) is 4.09. The third-order valence-corrected chi connectivity index (χ3v) is 7.00. The van der Waals surface area contributed by atoms with Crippen molar-refractivity contribution < 1.29 is 19.0 Å². The minimum atomic E-state index is -0.480. The Labute approximate surface area is 222 Å². The molecule has 200 valence electrons. The lowest BCUT2D eigenvalue weighted by molar-refractivity contribution is 0.0511. The van der Waals surface area contributed by atoms with Gasteiger partial charge in [-0.3, -0.25) is 4.68 Å². The molecule has 0 amide bonds. The Hall–Kier alpha value is -3.76. The number of methoxy groups -OCH3 is 1. The molecule has 2 aromatic carbocycles. The number of esters is 1. The van der Waals surface area contributed by atoms with Crippen molar-refractivity contribution in [1.29, 1.82) is 0 Å². The van der Waals surface area contributed by atoms with E-state index in [1.807, 2.05) is 37.5 Å². The van der Waals surface area contributed by atoms with Crippen LogP contribution >= 0.6 is 0 Å². The maximum atomic E-state index is 13.1. The van der Waals surface area contributed by atoms with Gasteiger partial charge in [0.1, 0.15) is 5.75 Å². The van der Waals surface area contributed by atoms with Gasteiger partial charge in [0.15, 0.2) is 18.3 Å². The first-order valence-electron chi connectivity index (χ1n) is 12.9.